The highest BCUT2D eigenvalue weighted by Crippen LogP contribution is 2.35. The second kappa shape index (κ2) is 6.14. The number of amides is 1. The number of thiophene rings is 1. The summed E-state index contributed by atoms with van der Waals surface area (Å²) in [5, 5.41) is 0.819. The molecule has 2 heterocycles. The number of rotatable bonds is 3. The average molecular weight is 308 g/mol. The zero-order valence-electron chi connectivity index (χ0n) is 12.5. The molecule has 0 radical (unpaired) electrons. The first-order valence-electron chi connectivity index (χ1n) is 6.76. The number of nitrogens with zero attached hydrogens (tertiary/aromatic N) is 2. The zero-order valence-corrected chi connectivity index (χ0v) is 14.1. The van der Waals surface area contributed by atoms with Gasteiger partial charge in [0.05, 0.1) is 4.91 Å². The van der Waals surface area contributed by atoms with Crippen molar-refractivity contribution in [1.82, 2.24) is 4.90 Å². The lowest BCUT2D eigenvalue weighted by Gasteiger charge is -2.20. The minimum Gasteiger partial charge on any atom is -0.284 e. The molecule has 3 nitrogen and oxygen atoms in total. The lowest BCUT2D eigenvalue weighted by molar-refractivity contribution is -0.123. The number of carbonyl (C=O) groups is 1. The van der Waals surface area contributed by atoms with E-state index in [0.717, 1.165) is 14.9 Å². The van der Waals surface area contributed by atoms with Gasteiger partial charge in [0.1, 0.15) is 0 Å². The van der Waals surface area contributed by atoms with Crippen LogP contribution in [0.5, 0.6) is 0 Å². The van der Waals surface area contributed by atoms with Crippen molar-refractivity contribution in [3.8, 4) is 0 Å². The molecular weight excluding hydrogens is 288 g/mol. The largest absolute Gasteiger partial charge is 0.284 e. The first-order valence-corrected chi connectivity index (χ1v) is 8.39. The first-order chi connectivity index (χ1) is 9.38. The Morgan fingerprint density at radius 3 is 2.45 bits per heavy atom. The van der Waals surface area contributed by atoms with Crippen LogP contribution in [-0.2, 0) is 4.79 Å². The van der Waals surface area contributed by atoms with E-state index >= 15 is 0 Å². The van der Waals surface area contributed by atoms with Gasteiger partial charge in [-0.15, -0.1) is 11.3 Å². The van der Waals surface area contributed by atoms with Crippen LogP contribution < -0.4 is 0 Å². The Morgan fingerprint density at radius 1 is 1.25 bits per heavy atom. The highest BCUT2D eigenvalue weighted by Gasteiger charge is 2.35. The number of hydrogen-bond donors (Lipinski definition) is 0. The van der Waals surface area contributed by atoms with Crippen LogP contribution in [0.25, 0.3) is 6.08 Å². The van der Waals surface area contributed by atoms with E-state index in [-0.39, 0.29) is 18.0 Å². The highest BCUT2D eigenvalue weighted by molar-refractivity contribution is 8.18. The SMILES string of the molecule is Cc1ccc(/C=C2/SC(=NC(C)C)N(C(C)C)C2=O)s1. The van der Waals surface area contributed by atoms with Gasteiger partial charge in [-0.2, -0.15) is 0 Å². The molecule has 1 aromatic heterocycles. The van der Waals surface area contributed by atoms with Crippen molar-refractivity contribution in [3.63, 3.8) is 0 Å². The molecule has 108 valence electrons. The normalized spacial score (nSPS) is 20.1. The van der Waals surface area contributed by atoms with E-state index in [1.54, 1.807) is 16.2 Å². The summed E-state index contributed by atoms with van der Waals surface area (Å²) in [6.07, 6.45) is 1.98. The van der Waals surface area contributed by atoms with Crippen molar-refractivity contribution < 1.29 is 4.79 Å². The highest BCUT2D eigenvalue weighted by atomic mass is 32.2. The van der Waals surface area contributed by atoms with Gasteiger partial charge in [-0.25, -0.2) is 0 Å². The van der Waals surface area contributed by atoms with Gasteiger partial charge in [0.2, 0.25) is 0 Å². The predicted octanol–water partition coefficient (Wildman–Crippen LogP) is 4.15. The second-order valence-electron chi connectivity index (χ2n) is 5.33. The van der Waals surface area contributed by atoms with E-state index in [2.05, 4.69) is 24.0 Å². The number of thioether (sulfide) groups is 1. The summed E-state index contributed by atoms with van der Waals surface area (Å²) in [5.41, 5.74) is 0. The Morgan fingerprint density at radius 2 is 1.95 bits per heavy atom. The molecule has 1 aromatic rings. The summed E-state index contributed by atoms with van der Waals surface area (Å²) in [6, 6.07) is 4.45. The summed E-state index contributed by atoms with van der Waals surface area (Å²) in [4.78, 5) is 22.0. The molecule has 1 amide bonds. The Kier molecular flexibility index (Phi) is 4.70. The summed E-state index contributed by atoms with van der Waals surface area (Å²) < 4.78 is 0. The van der Waals surface area contributed by atoms with Crippen LogP contribution in [-0.4, -0.2) is 28.1 Å². The standard InChI is InChI=1S/C15H20N2OS2/c1-9(2)16-15-17(10(3)4)14(18)13(20-15)8-12-7-6-11(5)19-12/h6-10H,1-5H3/b13-8+,16-15?. The molecule has 1 fully saturated rings. The fourth-order valence-electron chi connectivity index (χ4n) is 1.91. The average Bonchev–Trinajstić information content (AvgIpc) is 2.84. The summed E-state index contributed by atoms with van der Waals surface area (Å²) in [5.74, 6) is 0.0652. The molecule has 0 unspecified atom stereocenters. The van der Waals surface area contributed by atoms with Crippen molar-refractivity contribution in [1.29, 1.82) is 0 Å². The van der Waals surface area contributed by atoms with E-state index in [1.165, 1.54) is 16.6 Å². The Hall–Kier alpha value is -1.07. The zero-order chi connectivity index (χ0) is 14.9. The van der Waals surface area contributed by atoms with E-state index in [1.807, 2.05) is 33.8 Å². The van der Waals surface area contributed by atoms with Gasteiger partial charge < -0.3 is 0 Å². The van der Waals surface area contributed by atoms with Crippen molar-refractivity contribution in [2.75, 3.05) is 0 Å². The van der Waals surface area contributed by atoms with Gasteiger partial charge in [0.15, 0.2) is 5.17 Å². The lowest BCUT2D eigenvalue weighted by Crippen LogP contribution is -2.35. The fourth-order valence-corrected chi connectivity index (χ4v) is 4.03. The molecule has 1 aliphatic rings. The van der Waals surface area contributed by atoms with Crippen molar-refractivity contribution in [3.05, 3.63) is 26.8 Å². The third kappa shape index (κ3) is 3.33. The van der Waals surface area contributed by atoms with Gasteiger partial charge in [-0.05, 0) is 64.6 Å². The topological polar surface area (TPSA) is 32.7 Å². The third-order valence-electron chi connectivity index (χ3n) is 2.76. The minimum atomic E-state index is 0.0652. The maximum absolute atomic E-state index is 12.5. The maximum atomic E-state index is 12.5. The smallest absolute Gasteiger partial charge is 0.267 e. The second-order valence-corrected chi connectivity index (χ2v) is 7.66. The van der Waals surface area contributed by atoms with Crippen LogP contribution in [0.1, 0.15) is 37.4 Å². The molecule has 0 spiro atoms. The summed E-state index contributed by atoms with van der Waals surface area (Å²) >= 11 is 3.18. The lowest BCUT2D eigenvalue weighted by atomic mass is 10.3. The van der Waals surface area contributed by atoms with Gasteiger partial charge in [0.25, 0.3) is 5.91 Å². The van der Waals surface area contributed by atoms with Crippen LogP contribution in [0, 0.1) is 6.92 Å². The summed E-state index contributed by atoms with van der Waals surface area (Å²) in [7, 11) is 0. The van der Waals surface area contributed by atoms with Crippen molar-refractivity contribution in [2.45, 2.75) is 46.7 Å². The van der Waals surface area contributed by atoms with E-state index < -0.39 is 0 Å². The minimum absolute atomic E-state index is 0.0652. The van der Waals surface area contributed by atoms with E-state index in [0.29, 0.717) is 0 Å². The molecule has 5 heteroatoms. The Labute approximate surface area is 128 Å². The maximum Gasteiger partial charge on any atom is 0.267 e. The molecule has 0 aromatic carbocycles. The molecule has 1 saturated heterocycles. The third-order valence-corrected chi connectivity index (χ3v) is 4.70. The van der Waals surface area contributed by atoms with E-state index in [4.69, 9.17) is 0 Å². The molecule has 0 bridgehead atoms. The predicted molar refractivity (Wildman–Crippen MR) is 89.2 cm³/mol. The van der Waals surface area contributed by atoms with Crippen LogP contribution in [0.15, 0.2) is 22.0 Å². The van der Waals surface area contributed by atoms with Crippen LogP contribution in [0.4, 0.5) is 0 Å². The number of aliphatic imine (C=N–C) groups is 1. The van der Waals surface area contributed by atoms with Crippen LogP contribution in [0.2, 0.25) is 0 Å². The molecular formula is C15H20N2OS2. The van der Waals surface area contributed by atoms with Gasteiger partial charge in [0, 0.05) is 21.8 Å². The molecule has 1 aliphatic heterocycles. The number of carbonyl (C=O) groups excluding carboxylic acids is 1. The number of aryl methyl sites for hydroxylation is 1. The molecule has 2 rings (SSSR count). The molecule has 0 saturated carbocycles. The molecule has 0 aliphatic carbocycles. The van der Waals surface area contributed by atoms with Gasteiger partial charge in [-0.1, -0.05) is 0 Å². The van der Waals surface area contributed by atoms with E-state index in [9.17, 15) is 4.79 Å². The van der Waals surface area contributed by atoms with Crippen molar-refractivity contribution >= 4 is 40.2 Å². The van der Waals surface area contributed by atoms with Crippen molar-refractivity contribution in [2.24, 2.45) is 4.99 Å². The molecule has 0 N–H and O–H groups in total. The molecule has 0 atom stereocenters. The Balaban J connectivity index is 2.34. The van der Waals surface area contributed by atoms with Gasteiger partial charge >= 0.3 is 0 Å². The van der Waals surface area contributed by atoms with Crippen LogP contribution >= 0.6 is 23.1 Å². The summed E-state index contributed by atoms with van der Waals surface area (Å²) in [6.45, 7) is 10.2. The Bertz CT molecular complexity index is 570. The monoisotopic (exact) mass is 308 g/mol. The van der Waals surface area contributed by atoms with Crippen LogP contribution in [0.3, 0.4) is 0 Å². The fraction of sp³-hybridized carbons (Fsp3) is 0.467. The number of hydrogen-bond acceptors (Lipinski definition) is 4. The van der Waals surface area contributed by atoms with Gasteiger partial charge in [-0.3, -0.25) is 14.7 Å². The molecule has 20 heavy (non-hydrogen) atoms. The first kappa shape index (κ1) is 15.3. The quantitative estimate of drug-likeness (QED) is 0.786. The number of amidine groups is 1.